The molecule has 0 saturated carbocycles. The summed E-state index contributed by atoms with van der Waals surface area (Å²) in [5.74, 6) is -0.123. The summed E-state index contributed by atoms with van der Waals surface area (Å²) in [4.78, 5) is 28.5. The largest absolute Gasteiger partial charge is 0.482 e. The molecule has 0 unspecified atom stereocenters. The number of esters is 1. The number of anilines is 1. The van der Waals surface area contributed by atoms with Crippen molar-refractivity contribution in [1.82, 2.24) is 4.98 Å². The number of hydrogen-bond acceptors (Lipinski definition) is 6. The quantitative estimate of drug-likeness (QED) is 0.574. The van der Waals surface area contributed by atoms with Crippen molar-refractivity contribution in [3.63, 3.8) is 0 Å². The number of thiazole rings is 1. The lowest BCUT2D eigenvalue weighted by Crippen LogP contribution is -2.23. The Morgan fingerprint density at radius 1 is 1.14 bits per heavy atom. The van der Waals surface area contributed by atoms with Crippen molar-refractivity contribution in [1.29, 1.82) is 0 Å². The molecular formula is C22H24N2O4S. The molecule has 0 saturated heterocycles. The summed E-state index contributed by atoms with van der Waals surface area (Å²) in [6, 6.07) is 11.6. The maximum absolute atomic E-state index is 12.1. The van der Waals surface area contributed by atoms with Crippen LogP contribution in [0.15, 0.2) is 36.4 Å². The molecule has 2 aromatic carbocycles. The first kappa shape index (κ1) is 20.8. The van der Waals surface area contributed by atoms with E-state index in [1.165, 1.54) is 11.3 Å². The van der Waals surface area contributed by atoms with Gasteiger partial charge in [0, 0.05) is 0 Å². The van der Waals surface area contributed by atoms with Gasteiger partial charge in [-0.2, -0.15) is 0 Å². The molecule has 1 heterocycles. The Hall–Kier alpha value is -2.93. The monoisotopic (exact) mass is 412 g/mol. The van der Waals surface area contributed by atoms with Gasteiger partial charge in [0.1, 0.15) is 5.75 Å². The van der Waals surface area contributed by atoms with Gasteiger partial charge in [-0.1, -0.05) is 49.4 Å². The molecule has 152 valence electrons. The van der Waals surface area contributed by atoms with Gasteiger partial charge in [0.05, 0.1) is 10.2 Å². The average Bonchev–Trinajstić information content (AvgIpc) is 3.07. The fourth-order valence-electron chi connectivity index (χ4n) is 2.99. The predicted molar refractivity (Wildman–Crippen MR) is 115 cm³/mol. The second-order valence-electron chi connectivity index (χ2n) is 7.14. The number of amides is 1. The number of fused-ring (bicyclic) bond motifs is 1. The van der Waals surface area contributed by atoms with Gasteiger partial charge in [-0.15, -0.1) is 0 Å². The molecule has 1 aromatic heterocycles. The molecule has 3 rings (SSSR count). The minimum absolute atomic E-state index is 0.253. The van der Waals surface area contributed by atoms with Gasteiger partial charge >= 0.3 is 5.97 Å². The third-order valence-corrected chi connectivity index (χ3v) is 5.24. The highest BCUT2D eigenvalue weighted by Crippen LogP contribution is 2.29. The number of hydrogen-bond donors (Lipinski definition) is 1. The fourth-order valence-corrected chi connectivity index (χ4v) is 4.05. The van der Waals surface area contributed by atoms with Crippen LogP contribution in [-0.4, -0.2) is 30.1 Å². The van der Waals surface area contributed by atoms with Crippen LogP contribution < -0.4 is 10.1 Å². The Labute approximate surface area is 173 Å². The molecule has 6 nitrogen and oxygen atoms in total. The van der Waals surface area contributed by atoms with Crippen molar-refractivity contribution in [2.75, 3.05) is 18.5 Å². The first-order valence-corrected chi connectivity index (χ1v) is 10.2. The molecule has 0 fully saturated rings. The van der Waals surface area contributed by atoms with Gasteiger partial charge in [-0.3, -0.25) is 10.1 Å². The van der Waals surface area contributed by atoms with Crippen molar-refractivity contribution >= 4 is 38.6 Å². The van der Waals surface area contributed by atoms with E-state index in [-0.39, 0.29) is 19.1 Å². The zero-order valence-corrected chi connectivity index (χ0v) is 17.8. The number of carbonyl (C=O) groups is 2. The van der Waals surface area contributed by atoms with E-state index in [1.807, 2.05) is 50.2 Å². The van der Waals surface area contributed by atoms with Crippen LogP contribution in [0.4, 0.5) is 5.13 Å². The lowest BCUT2D eigenvalue weighted by Gasteiger charge is -2.13. The van der Waals surface area contributed by atoms with Crippen LogP contribution in [0.3, 0.4) is 0 Å². The number of aromatic nitrogens is 1. The Morgan fingerprint density at radius 2 is 1.90 bits per heavy atom. The third kappa shape index (κ3) is 5.32. The standard InChI is InChI=1S/C22H24N2O4S/c1-13(2)16-7-5-6-8-17(16)27-12-20(26)28-11-19(25)23-22-24-21-15(4)9-14(3)10-18(21)29-22/h5-10,13H,11-12H2,1-4H3,(H,23,24,25). The average molecular weight is 413 g/mol. The number of benzene rings is 2. The number of carbonyl (C=O) groups excluding carboxylic acids is 2. The Morgan fingerprint density at radius 3 is 2.66 bits per heavy atom. The molecule has 0 bridgehead atoms. The second-order valence-corrected chi connectivity index (χ2v) is 8.17. The van der Waals surface area contributed by atoms with E-state index >= 15 is 0 Å². The van der Waals surface area contributed by atoms with E-state index in [0.717, 1.165) is 26.9 Å². The topological polar surface area (TPSA) is 77.5 Å². The minimum atomic E-state index is -0.602. The molecule has 0 aliphatic heterocycles. The van der Waals surface area contributed by atoms with Crippen LogP contribution in [0.1, 0.15) is 36.5 Å². The SMILES string of the molecule is Cc1cc(C)c2nc(NC(=O)COC(=O)COc3ccccc3C(C)C)sc2c1. The summed E-state index contributed by atoms with van der Waals surface area (Å²) in [5.41, 5.74) is 4.08. The van der Waals surface area contributed by atoms with Crippen molar-refractivity contribution in [3.05, 3.63) is 53.1 Å². The van der Waals surface area contributed by atoms with Gasteiger partial charge < -0.3 is 9.47 Å². The molecule has 29 heavy (non-hydrogen) atoms. The summed E-state index contributed by atoms with van der Waals surface area (Å²) < 4.78 is 11.6. The molecule has 1 N–H and O–H groups in total. The third-order valence-electron chi connectivity index (χ3n) is 4.33. The van der Waals surface area contributed by atoms with E-state index in [0.29, 0.717) is 10.9 Å². The van der Waals surface area contributed by atoms with Gasteiger partial charge in [0.15, 0.2) is 18.3 Å². The maximum atomic E-state index is 12.1. The molecule has 0 aliphatic rings. The highest BCUT2D eigenvalue weighted by Gasteiger charge is 2.14. The van der Waals surface area contributed by atoms with Gasteiger partial charge in [-0.05, 0) is 48.6 Å². The summed E-state index contributed by atoms with van der Waals surface area (Å²) >= 11 is 1.39. The zero-order valence-electron chi connectivity index (χ0n) is 16.9. The molecule has 0 radical (unpaired) electrons. The minimum Gasteiger partial charge on any atom is -0.482 e. The summed E-state index contributed by atoms with van der Waals surface area (Å²) in [6.45, 7) is 7.47. The Bertz CT molecular complexity index is 1040. The highest BCUT2D eigenvalue weighted by atomic mass is 32.1. The van der Waals surface area contributed by atoms with Crippen LogP contribution in [0.25, 0.3) is 10.2 Å². The number of nitrogens with zero attached hydrogens (tertiary/aromatic N) is 1. The first-order chi connectivity index (χ1) is 13.8. The number of aryl methyl sites for hydroxylation is 2. The van der Waals surface area contributed by atoms with E-state index in [1.54, 1.807) is 0 Å². The van der Waals surface area contributed by atoms with Crippen molar-refractivity contribution in [2.45, 2.75) is 33.6 Å². The Balaban J connectivity index is 1.51. The Kier molecular flexibility index (Phi) is 6.49. The number of para-hydroxylation sites is 1. The first-order valence-electron chi connectivity index (χ1n) is 9.38. The number of nitrogens with one attached hydrogen (secondary N) is 1. The lowest BCUT2D eigenvalue weighted by atomic mass is 10.0. The van der Waals surface area contributed by atoms with Crippen LogP contribution in [-0.2, 0) is 14.3 Å². The highest BCUT2D eigenvalue weighted by molar-refractivity contribution is 7.22. The summed E-state index contributed by atoms with van der Waals surface area (Å²) in [5, 5.41) is 3.16. The van der Waals surface area contributed by atoms with Crippen LogP contribution in [0.5, 0.6) is 5.75 Å². The molecule has 1 amide bonds. The van der Waals surface area contributed by atoms with Gasteiger partial charge in [0.25, 0.3) is 5.91 Å². The molecule has 7 heteroatoms. The smallest absolute Gasteiger partial charge is 0.344 e. The van der Waals surface area contributed by atoms with Crippen LogP contribution in [0.2, 0.25) is 0 Å². The van der Waals surface area contributed by atoms with Crippen molar-refractivity contribution in [2.24, 2.45) is 0 Å². The van der Waals surface area contributed by atoms with Gasteiger partial charge in [-0.25, -0.2) is 9.78 Å². The number of rotatable bonds is 7. The molecular weight excluding hydrogens is 388 g/mol. The summed E-state index contributed by atoms with van der Waals surface area (Å²) in [6.07, 6.45) is 0. The fraction of sp³-hybridized carbons (Fsp3) is 0.318. The van der Waals surface area contributed by atoms with Crippen molar-refractivity contribution in [3.8, 4) is 5.75 Å². The molecule has 0 atom stereocenters. The molecule has 0 aliphatic carbocycles. The maximum Gasteiger partial charge on any atom is 0.344 e. The van der Waals surface area contributed by atoms with Crippen LogP contribution >= 0.6 is 11.3 Å². The van der Waals surface area contributed by atoms with Crippen LogP contribution in [0, 0.1) is 13.8 Å². The lowest BCUT2D eigenvalue weighted by molar-refractivity contribution is -0.149. The normalized spacial score (nSPS) is 10.9. The van der Waals surface area contributed by atoms with E-state index in [2.05, 4.69) is 24.1 Å². The van der Waals surface area contributed by atoms with Gasteiger partial charge in [0.2, 0.25) is 0 Å². The van der Waals surface area contributed by atoms with Crippen molar-refractivity contribution < 1.29 is 19.1 Å². The second kappa shape index (κ2) is 9.05. The van der Waals surface area contributed by atoms with E-state index < -0.39 is 11.9 Å². The predicted octanol–water partition coefficient (Wildman–Crippen LogP) is 4.60. The molecule has 0 spiro atoms. The number of ether oxygens (including phenoxy) is 2. The van der Waals surface area contributed by atoms with E-state index in [9.17, 15) is 9.59 Å². The molecule has 3 aromatic rings. The van der Waals surface area contributed by atoms with E-state index in [4.69, 9.17) is 9.47 Å². The summed E-state index contributed by atoms with van der Waals surface area (Å²) in [7, 11) is 0. The zero-order chi connectivity index (χ0) is 21.0.